The molecule has 4 aliphatic heterocycles. The molecule has 2 nitrogen and oxygen atoms in total. The van der Waals surface area contributed by atoms with E-state index in [1.165, 1.54) is 72.6 Å². The topological polar surface area (TPSA) is 6.48 Å². The first kappa shape index (κ1) is 26.1. The van der Waals surface area contributed by atoms with Crippen LogP contribution in [0.2, 0.25) is 0 Å². The summed E-state index contributed by atoms with van der Waals surface area (Å²) in [6, 6.07) is 21.6. The Kier molecular flexibility index (Phi) is 4.41. The van der Waals surface area contributed by atoms with Crippen molar-refractivity contribution in [1.82, 2.24) is 0 Å². The van der Waals surface area contributed by atoms with E-state index in [1.807, 2.05) is 0 Å². The molecule has 3 aromatic carbocycles. The van der Waals surface area contributed by atoms with Crippen molar-refractivity contribution in [2.45, 2.75) is 120 Å². The highest BCUT2D eigenvalue weighted by molar-refractivity contribution is 7.33. The molecule has 0 N–H and O–H groups in total. The highest BCUT2D eigenvalue weighted by atomic mass is 32.1. The van der Waals surface area contributed by atoms with E-state index in [4.69, 9.17) is 0 Å². The minimum absolute atomic E-state index is 0.0457. The lowest BCUT2D eigenvalue weighted by Crippen LogP contribution is -2.63. The largest absolute Gasteiger partial charge is 0.335 e. The van der Waals surface area contributed by atoms with Gasteiger partial charge in [-0.05, 0) is 67.8 Å². The molecule has 4 atom stereocenters. The fourth-order valence-corrected chi connectivity index (χ4v) is 13.8. The number of hydrogen-bond donors (Lipinski definition) is 0. The van der Waals surface area contributed by atoms with Crippen LogP contribution in [0.25, 0.3) is 15.8 Å². The van der Waals surface area contributed by atoms with Crippen LogP contribution in [0.5, 0.6) is 0 Å². The first-order valence-electron chi connectivity index (χ1n) is 17.8. The van der Waals surface area contributed by atoms with Gasteiger partial charge in [0, 0.05) is 53.7 Å². The fourth-order valence-electron chi connectivity index (χ4n) is 12.5. The second-order valence-corrected chi connectivity index (χ2v) is 18.1. The van der Waals surface area contributed by atoms with Crippen LogP contribution in [0.15, 0.2) is 60.1 Å². The Labute approximate surface area is 272 Å². The van der Waals surface area contributed by atoms with Crippen molar-refractivity contribution in [1.29, 1.82) is 0 Å². The van der Waals surface area contributed by atoms with Crippen LogP contribution < -0.4 is 20.0 Å². The molecule has 0 spiro atoms. The van der Waals surface area contributed by atoms with Gasteiger partial charge in [0.1, 0.15) is 0 Å². The molecule has 5 heterocycles. The summed E-state index contributed by atoms with van der Waals surface area (Å²) in [5.74, 6) is 0. The zero-order chi connectivity index (χ0) is 30.5. The molecule has 226 valence electrons. The smallest absolute Gasteiger partial charge is 0.261 e. The molecule has 0 amide bonds. The van der Waals surface area contributed by atoms with Crippen molar-refractivity contribution in [3.05, 3.63) is 82.3 Å². The summed E-state index contributed by atoms with van der Waals surface area (Å²) in [5.41, 5.74) is 16.4. The summed E-state index contributed by atoms with van der Waals surface area (Å²) in [6.45, 7) is 16.0. The zero-order valence-corrected chi connectivity index (χ0v) is 28.5. The molecule has 1 aromatic heterocycles. The van der Waals surface area contributed by atoms with E-state index in [2.05, 4.69) is 117 Å². The molecule has 2 fully saturated rings. The van der Waals surface area contributed by atoms with E-state index >= 15 is 0 Å². The quantitative estimate of drug-likeness (QED) is 0.184. The summed E-state index contributed by atoms with van der Waals surface area (Å²) in [7, 11) is 0. The van der Waals surface area contributed by atoms with Crippen LogP contribution in [0, 0.1) is 0 Å². The van der Waals surface area contributed by atoms with Crippen molar-refractivity contribution in [2.24, 2.45) is 0 Å². The number of hydrogen-bond acceptors (Lipinski definition) is 3. The Balaban J connectivity index is 1.37. The van der Waals surface area contributed by atoms with Crippen molar-refractivity contribution < 1.29 is 0 Å². The van der Waals surface area contributed by atoms with E-state index in [0.29, 0.717) is 6.71 Å². The first-order valence-corrected chi connectivity index (χ1v) is 18.6. The lowest BCUT2D eigenvalue weighted by atomic mass is 9.32. The average molecular weight is 607 g/mol. The third-order valence-corrected chi connectivity index (χ3v) is 16.4. The monoisotopic (exact) mass is 606 g/mol. The van der Waals surface area contributed by atoms with Gasteiger partial charge in [-0.25, -0.2) is 0 Å². The van der Waals surface area contributed by atoms with Gasteiger partial charge >= 0.3 is 0 Å². The lowest BCUT2D eigenvalue weighted by molar-refractivity contribution is 0.190. The predicted molar refractivity (Wildman–Crippen MR) is 193 cm³/mol. The van der Waals surface area contributed by atoms with E-state index in [1.54, 1.807) is 49.6 Å². The molecule has 2 saturated carbocycles. The van der Waals surface area contributed by atoms with Crippen molar-refractivity contribution >= 4 is 61.1 Å². The Bertz CT molecular complexity index is 2100. The molecule has 45 heavy (non-hydrogen) atoms. The standard InChI is InChI=1S/C41H43BN2S/c1-37(2)26-17-9-7-15-24(26)31-35(37)42-30-33-27(38(3)19-11-13-21-40(38,5)43(31)33)23-28-34(30)44(41(6)22-14-12-20-39(28,41)4)32-25-16-8-10-18-29(25)45-36(32)42/h7-10,15-18,23H,11-14,19-22H2,1-6H3. The van der Waals surface area contributed by atoms with Gasteiger partial charge in [-0.1, -0.05) is 107 Å². The van der Waals surface area contributed by atoms with Gasteiger partial charge in [0.25, 0.3) is 6.71 Å². The predicted octanol–water partition coefficient (Wildman–Crippen LogP) is 9.23. The van der Waals surface area contributed by atoms with Gasteiger partial charge in [0.2, 0.25) is 0 Å². The number of thiophene rings is 1. The van der Waals surface area contributed by atoms with Crippen LogP contribution in [0.4, 0.5) is 17.1 Å². The second kappa shape index (κ2) is 7.59. The SMILES string of the molecule is CC1(C)C2=C(c3ccccc31)N1c3c(cc4c5c3B2c2sc3ccccc3c2N5C2(C)CCCCC42C)C2(C)CCCCC12C. The third-order valence-electron chi connectivity index (χ3n) is 15.2. The van der Waals surface area contributed by atoms with Gasteiger partial charge in [0.15, 0.2) is 0 Å². The van der Waals surface area contributed by atoms with Gasteiger partial charge in [0.05, 0.1) is 16.8 Å². The summed E-state index contributed by atoms with van der Waals surface area (Å²) in [6.07, 6.45) is 10.4. The maximum Gasteiger partial charge on any atom is 0.261 e. The molecule has 0 saturated heterocycles. The van der Waals surface area contributed by atoms with Crippen LogP contribution in [0.1, 0.15) is 115 Å². The third kappa shape index (κ3) is 2.47. The molecule has 4 heteroatoms. The number of nitrogens with zero attached hydrogens (tertiary/aromatic N) is 2. The Morgan fingerprint density at radius 1 is 0.644 bits per heavy atom. The van der Waals surface area contributed by atoms with E-state index in [-0.39, 0.29) is 27.3 Å². The van der Waals surface area contributed by atoms with Gasteiger partial charge in [-0.2, -0.15) is 0 Å². The van der Waals surface area contributed by atoms with Crippen LogP contribution in [0.3, 0.4) is 0 Å². The fraction of sp³-hybridized carbons (Fsp3) is 0.463. The van der Waals surface area contributed by atoms with Crippen LogP contribution >= 0.6 is 11.3 Å². The zero-order valence-electron chi connectivity index (χ0n) is 27.7. The Hall–Kier alpha value is -2.98. The molecule has 11 rings (SSSR count). The van der Waals surface area contributed by atoms with Crippen molar-refractivity contribution in [3.63, 3.8) is 0 Å². The van der Waals surface area contributed by atoms with Crippen molar-refractivity contribution in [3.8, 4) is 0 Å². The molecule has 7 aliphatic rings. The Morgan fingerprint density at radius 2 is 1.24 bits per heavy atom. The normalized spacial score (nSPS) is 34.0. The van der Waals surface area contributed by atoms with Gasteiger partial charge in [-0.3, -0.25) is 0 Å². The maximum atomic E-state index is 2.99. The lowest BCUT2D eigenvalue weighted by Gasteiger charge is -2.54. The number of allylic oxidation sites excluding steroid dienone is 1. The molecule has 4 aromatic rings. The number of benzene rings is 3. The number of fused-ring (bicyclic) bond motifs is 15. The summed E-state index contributed by atoms with van der Waals surface area (Å²) in [4.78, 5) is 5.95. The van der Waals surface area contributed by atoms with E-state index in [0.717, 1.165) is 0 Å². The van der Waals surface area contributed by atoms with Gasteiger partial charge in [-0.15, -0.1) is 11.3 Å². The highest BCUT2D eigenvalue weighted by Crippen LogP contribution is 2.70. The molecule has 4 unspecified atom stereocenters. The van der Waals surface area contributed by atoms with Crippen LogP contribution in [-0.2, 0) is 16.2 Å². The number of rotatable bonds is 0. The first-order chi connectivity index (χ1) is 21.6. The summed E-state index contributed by atoms with van der Waals surface area (Å²) in [5, 5.41) is 1.47. The van der Waals surface area contributed by atoms with Crippen LogP contribution in [-0.4, -0.2) is 17.8 Å². The average Bonchev–Trinajstić information content (AvgIpc) is 3.65. The maximum absolute atomic E-state index is 2.99. The minimum atomic E-state index is -0.0457. The summed E-state index contributed by atoms with van der Waals surface area (Å²) < 4.78 is 3.06. The summed E-state index contributed by atoms with van der Waals surface area (Å²) >= 11 is 2.10. The van der Waals surface area contributed by atoms with E-state index < -0.39 is 0 Å². The molecule has 0 radical (unpaired) electrons. The van der Waals surface area contributed by atoms with Gasteiger partial charge < -0.3 is 9.80 Å². The molecule has 0 bridgehead atoms. The second-order valence-electron chi connectivity index (χ2n) is 17.1. The minimum Gasteiger partial charge on any atom is -0.335 e. The molecular weight excluding hydrogens is 563 g/mol. The Morgan fingerprint density at radius 3 is 1.98 bits per heavy atom. The van der Waals surface area contributed by atoms with Crippen molar-refractivity contribution in [2.75, 3.05) is 9.80 Å². The number of anilines is 3. The van der Waals surface area contributed by atoms with E-state index in [9.17, 15) is 0 Å². The molecular formula is C41H43BN2S. The highest BCUT2D eigenvalue weighted by Gasteiger charge is 2.69. The molecule has 3 aliphatic carbocycles.